The Morgan fingerprint density at radius 1 is 1.07 bits per heavy atom. The van der Waals surface area contributed by atoms with Gasteiger partial charge >= 0.3 is 6.09 Å². The van der Waals surface area contributed by atoms with Crippen molar-refractivity contribution < 1.29 is 23.8 Å². The van der Waals surface area contributed by atoms with Crippen molar-refractivity contribution in [2.45, 2.75) is 32.2 Å². The van der Waals surface area contributed by atoms with Crippen LogP contribution in [-0.4, -0.2) is 43.3 Å². The van der Waals surface area contributed by atoms with Gasteiger partial charge in [0, 0.05) is 24.2 Å². The van der Waals surface area contributed by atoms with Crippen LogP contribution in [0.2, 0.25) is 0 Å². The number of amides is 2. The number of rotatable bonds is 4. The molecule has 2 aliphatic rings. The molecule has 1 saturated heterocycles. The molecule has 0 bridgehead atoms. The lowest BCUT2D eigenvalue weighted by Crippen LogP contribution is -2.30. The van der Waals surface area contributed by atoms with Gasteiger partial charge in [0.1, 0.15) is 0 Å². The van der Waals surface area contributed by atoms with E-state index in [4.69, 9.17) is 14.2 Å². The van der Waals surface area contributed by atoms with Crippen molar-refractivity contribution >= 4 is 17.7 Å². The number of likely N-dealkylation sites (tertiary alicyclic amines) is 1. The van der Waals surface area contributed by atoms with E-state index in [0.717, 1.165) is 36.3 Å². The molecule has 2 aliphatic heterocycles. The molecule has 2 heterocycles. The molecule has 158 valence electrons. The lowest BCUT2D eigenvalue weighted by Gasteiger charge is -2.26. The third kappa shape index (κ3) is 4.35. The van der Waals surface area contributed by atoms with Gasteiger partial charge in [-0.25, -0.2) is 4.79 Å². The van der Waals surface area contributed by atoms with Crippen molar-refractivity contribution in [1.29, 1.82) is 0 Å². The van der Waals surface area contributed by atoms with E-state index in [2.05, 4.69) is 5.32 Å². The van der Waals surface area contributed by atoms with E-state index >= 15 is 0 Å². The van der Waals surface area contributed by atoms with E-state index in [-0.39, 0.29) is 11.9 Å². The number of benzene rings is 2. The largest absolute Gasteiger partial charge is 0.490 e. The third-order valence-electron chi connectivity index (χ3n) is 5.32. The van der Waals surface area contributed by atoms with Gasteiger partial charge in [-0.3, -0.25) is 10.1 Å². The van der Waals surface area contributed by atoms with Gasteiger partial charge in [0.25, 0.3) is 5.91 Å². The van der Waals surface area contributed by atoms with Crippen LogP contribution in [-0.2, 0) is 4.74 Å². The highest BCUT2D eigenvalue weighted by molar-refractivity contribution is 5.95. The Bertz CT molecular complexity index is 912. The number of carbonyl (C=O) groups is 2. The summed E-state index contributed by atoms with van der Waals surface area (Å²) in [6, 6.07) is 12.9. The Morgan fingerprint density at radius 2 is 1.83 bits per heavy atom. The fourth-order valence-corrected chi connectivity index (χ4v) is 3.89. The highest BCUT2D eigenvalue weighted by atomic mass is 16.5. The quantitative estimate of drug-likeness (QED) is 0.809. The molecule has 0 unspecified atom stereocenters. The number of ether oxygens (including phenoxy) is 3. The van der Waals surface area contributed by atoms with Crippen LogP contribution in [0.15, 0.2) is 42.5 Å². The number of hydrogen-bond acceptors (Lipinski definition) is 5. The SMILES string of the molecule is CCOC(=O)Nc1ccc(C(=O)N2CCC[C@H]2c2ccc3c(c2)OCCCO3)cc1. The maximum atomic E-state index is 13.2. The predicted molar refractivity (Wildman–Crippen MR) is 112 cm³/mol. The van der Waals surface area contributed by atoms with E-state index in [1.807, 2.05) is 23.1 Å². The zero-order valence-electron chi connectivity index (χ0n) is 17.1. The first-order chi connectivity index (χ1) is 14.7. The summed E-state index contributed by atoms with van der Waals surface area (Å²) < 4.78 is 16.4. The van der Waals surface area contributed by atoms with Gasteiger partial charge in [0.15, 0.2) is 11.5 Å². The second-order valence-electron chi connectivity index (χ2n) is 7.34. The van der Waals surface area contributed by atoms with E-state index in [0.29, 0.717) is 37.6 Å². The highest BCUT2D eigenvalue weighted by Gasteiger charge is 2.31. The van der Waals surface area contributed by atoms with E-state index < -0.39 is 6.09 Å². The highest BCUT2D eigenvalue weighted by Crippen LogP contribution is 2.38. The second-order valence-corrected chi connectivity index (χ2v) is 7.34. The molecular weight excluding hydrogens is 384 g/mol. The third-order valence-corrected chi connectivity index (χ3v) is 5.32. The molecule has 4 rings (SSSR count). The molecule has 0 spiro atoms. The van der Waals surface area contributed by atoms with Crippen LogP contribution >= 0.6 is 0 Å². The Labute approximate surface area is 175 Å². The van der Waals surface area contributed by atoms with Crippen molar-refractivity contribution in [1.82, 2.24) is 4.90 Å². The van der Waals surface area contributed by atoms with Gasteiger partial charge in [-0.15, -0.1) is 0 Å². The van der Waals surface area contributed by atoms with Crippen LogP contribution < -0.4 is 14.8 Å². The summed E-state index contributed by atoms with van der Waals surface area (Å²) in [6.07, 6.45) is 2.21. The maximum Gasteiger partial charge on any atom is 0.411 e. The Kier molecular flexibility index (Phi) is 6.07. The van der Waals surface area contributed by atoms with Crippen LogP contribution in [0.5, 0.6) is 11.5 Å². The molecule has 1 fully saturated rings. The molecule has 2 aromatic carbocycles. The first-order valence-electron chi connectivity index (χ1n) is 10.4. The van der Waals surface area contributed by atoms with Gasteiger partial charge in [0.2, 0.25) is 0 Å². The van der Waals surface area contributed by atoms with Crippen molar-refractivity contribution in [3.63, 3.8) is 0 Å². The number of fused-ring (bicyclic) bond motifs is 1. The van der Waals surface area contributed by atoms with Crippen molar-refractivity contribution in [3.8, 4) is 11.5 Å². The summed E-state index contributed by atoms with van der Waals surface area (Å²) >= 11 is 0. The molecule has 0 radical (unpaired) electrons. The zero-order valence-corrected chi connectivity index (χ0v) is 17.1. The first-order valence-corrected chi connectivity index (χ1v) is 10.4. The minimum absolute atomic E-state index is 0.00647. The Balaban J connectivity index is 1.49. The first kappa shape index (κ1) is 20.1. The molecule has 7 heteroatoms. The van der Waals surface area contributed by atoms with Gasteiger partial charge < -0.3 is 19.1 Å². The molecular formula is C23H26N2O5. The topological polar surface area (TPSA) is 77.1 Å². The number of nitrogens with one attached hydrogen (secondary N) is 1. The van der Waals surface area contributed by atoms with E-state index in [1.54, 1.807) is 31.2 Å². The van der Waals surface area contributed by atoms with Crippen molar-refractivity contribution in [2.75, 3.05) is 31.7 Å². The molecule has 2 amide bonds. The van der Waals surface area contributed by atoms with Crippen molar-refractivity contribution in [3.05, 3.63) is 53.6 Å². The molecule has 1 atom stereocenters. The number of nitrogens with zero attached hydrogens (tertiary/aromatic N) is 1. The summed E-state index contributed by atoms with van der Waals surface area (Å²) in [5, 5.41) is 2.64. The van der Waals surface area contributed by atoms with Gasteiger partial charge in [0.05, 0.1) is 25.9 Å². The summed E-state index contributed by atoms with van der Waals surface area (Å²) in [4.78, 5) is 26.6. The van der Waals surface area contributed by atoms with Gasteiger partial charge in [-0.1, -0.05) is 6.07 Å². The smallest absolute Gasteiger partial charge is 0.411 e. The monoisotopic (exact) mass is 410 g/mol. The summed E-state index contributed by atoms with van der Waals surface area (Å²) in [5.74, 6) is 1.49. The summed E-state index contributed by atoms with van der Waals surface area (Å²) in [6.45, 7) is 4.05. The van der Waals surface area contributed by atoms with Crippen LogP contribution in [0.4, 0.5) is 10.5 Å². The van der Waals surface area contributed by atoms with Gasteiger partial charge in [-0.05, 0) is 61.7 Å². The minimum Gasteiger partial charge on any atom is -0.490 e. The van der Waals surface area contributed by atoms with E-state index in [1.165, 1.54) is 0 Å². The van der Waals surface area contributed by atoms with E-state index in [9.17, 15) is 9.59 Å². The minimum atomic E-state index is -0.509. The Hall–Kier alpha value is -3.22. The fraction of sp³-hybridized carbons (Fsp3) is 0.391. The average molecular weight is 410 g/mol. The average Bonchev–Trinajstić information content (AvgIpc) is 3.12. The van der Waals surface area contributed by atoms with Crippen LogP contribution in [0.25, 0.3) is 0 Å². The van der Waals surface area contributed by atoms with Crippen molar-refractivity contribution in [2.24, 2.45) is 0 Å². The van der Waals surface area contributed by atoms with Crippen LogP contribution in [0, 0.1) is 0 Å². The summed E-state index contributed by atoms with van der Waals surface area (Å²) in [5.41, 5.74) is 2.24. The Morgan fingerprint density at radius 3 is 2.60 bits per heavy atom. The lowest BCUT2D eigenvalue weighted by atomic mass is 10.0. The number of carbonyl (C=O) groups excluding carboxylic acids is 2. The molecule has 1 N–H and O–H groups in total. The van der Waals surface area contributed by atoms with Gasteiger partial charge in [-0.2, -0.15) is 0 Å². The fourth-order valence-electron chi connectivity index (χ4n) is 3.89. The normalized spacial score (nSPS) is 17.9. The van der Waals surface area contributed by atoms with Crippen LogP contribution in [0.3, 0.4) is 0 Å². The molecule has 30 heavy (non-hydrogen) atoms. The predicted octanol–water partition coefficient (Wildman–Crippen LogP) is 4.39. The number of anilines is 1. The second kappa shape index (κ2) is 9.07. The summed E-state index contributed by atoms with van der Waals surface area (Å²) in [7, 11) is 0. The van der Waals surface area contributed by atoms with Crippen LogP contribution in [0.1, 0.15) is 48.1 Å². The molecule has 0 saturated carbocycles. The standard InChI is InChI=1S/C23H26N2O5/c1-2-28-23(27)24-18-9-6-16(7-10-18)22(26)25-12-3-5-19(25)17-8-11-20-21(15-17)30-14-4-13-29-20/h6-11,15,19H,2-5,12-14H2,1H3,(H,24,27)/t19-/m0/s1. The molecule has 2 aromatic rings. The molecule has 0 aliphatic carbocycles. The molecule has 0 aromatic heterocycles. The number of hydrogen-bond donors (Lipinski definition) is 1. The maximum absolute atomic E-state index is 13.2. The zero-order chi connectivity index (χ0) is 20.9. The lowest BCUT2D eigenvalue weighted by molar-refractivity contribution is 0.0735. The molecule has 7 nitrogen and oxygen atoms in total.